The predicted octanol–water partition coefficient (Wildman–Crippen LogP) is 3.45. The topological polar surface area (TPSA) is 67.2 Å². The summed E-state index contributed by atoms with van der Waals surface area (Å²) in [5, 5.41) is 16.9. The molecule has 2 N–H and O–H groups in total. The Morgan fingerprint density at radius 3 is 2.54 bits per heavy atom. The Morgan fingerprint density at radius 1 is 1.12 bits per heavy atom. The van der Waals surface area contributed by atoms with Gasteiger partial charge in [-0.3, -0.25) is 9.48 Å². The minimum Gasteiger partial charge on any atom is -0.506 e. The van der Waals surface area contributed by atoms with E-state index in [1.807, 2.05) is 41.9 Å². The van der Waals surface area contributed by atoms with Crippen molar-refractivity contribution >= 4 is 11.6 Å². The second kappa shape index (κ2) is 7.00. The number of hydrogen-bond donors (Lipinski definition) is 2. The first-order chi connectivity index (χ1) is 11.7. The summed E-state index contributed by atoms with van der Waals surface area (Å²) < 4.78 is 1.84. The molecule has 1 heterocycles. The van der Waals surface area contributed by atoms with Gasteiger partial charge in [0.05, 0.1) is 29.7 Å². The molecule has 0 radical (unpaired) electrons. The van der Waals surface area contributed by atoms with Crippen molar-refractivity contribution in [1.29, 1.82) is 0 Å². The smallest absolute Gasteiger partial charge is 0.259 e. The lowest BCUT2D eigenvalue weighted by Gasteiger charge is -2.09. The van der Waals surface area contributed by atoms with Crippen molar-refractivity contribution in [1.82, 2.24) is 9.78 Å². The quantitative estimate of drug-likeness (QED) is 0.707. The van der Waals surface area contributed by atoms with Gasteiger partial charge < -0.3 is 10.4 Å². The van der Waals surface area contributed by atoms with Gasteiger partial charge in [0, 0.05) is 0 Å². The van der Waals surface area contributed by atoms with Gasteiger partial charge in [0.15, 0.2) is 0 Å². The highest BCUT2D eigenvalue weighted by Crippen LogP contribution is 2.23. The lowest BCUT2D eigenvalue weighted by atomic mass is 10.1. The fourth-order valence-electron chi connectivity index (χ4n) is 2.63. The molecular weight excluding hydrogens is 302 g/mol. The van der Waals surface area contributed by atoms with Gasteiger partial charge >= 0.3 is 0 Å². The first kappa shape index (κ1) is 15.8. The molecule has 122 valence electrons. The average Bonchev–Trinajstić information content (AvgIpc) is 3.00. The molecular formula is C19H19N3O2. The van der Waals surface area contributed by atoms with Crippen LogP contribution in [0, 0.1) is 0 Å². The second-order valence-corrected chi connectivity index (χ2v) is 5.47. The third kappa shape index (κ3) is 3.30. The number of nitrogens with one attached hydrogen (secondary N) is 1. The Labute approximate surface area is 140 Å². The Balaban J connectivity index is 1.83. The van der Waals surface area contributed by atoms with Crippen molar-refractivity contribution < 1.29 is 9.90 Å². The van der Waals surface area contributed by atoms with Crippen LogP contribution in [0.15, 0.2) is 60.8 Å². The fraction of sp³-hybridized carbons (Fsp3) is 0.158. The zero-order valence-corrected chi connectivity index (χ0v) is 13.4. The highest BCUT2D eigenvalue weighted by Gasteiger charge is 2.17. The molecule has 5 heteroatoms. The van der Waals surface area contributed by atoms with E-state index in [4.69, 9.17) is 0 Å². The highest BCUT2D eigenvalue weighted by atomic mass is 16.3. The standard InChI is InChI=1S/C19H19N3O2/c1-2-17-15(19(24)21-16-10-6-7-11-18(16)23)12-20-22(17)13-14-8-4-3-5-9-14/h3-12,23H,2,13H2,1H3,(H,21,24). The number of benzene rings is 2. The number of amides is 1. The van der Waals surface area contributed by atoms with E-state index in [2.05, 4.69) is 10.4 Å². The molecule has 2 aromatic carbocycles. The van der Waals surface area contributed by atoms with Crippen LogP contribution in [0.1, 0.15) is 28.5 Å². The first-order valence-corrected chi connectivity index (χ1v) is 7.87. The first-order valence-electron chi connectivity index (χ1n) is 7.87. The maximum atomic E-state index is 12.5. The van der Waals surface area contributed by atoms with Crippen molar-refractivity contribution in [3.8, 4) is 5.75 Å². The van der Waals surface area contributed by atoms with E-state index >= 15 is 0 Å². The van der Waals surface area contributed by atoms with Gasteiger partial charge in [-0.25, -0.2) is 0 Å². The summed E-state index contributed by atoms with van der Waals surface area (Å²) in [6, 6.07) is 16.7. The van der Waals surface area contributed by atoms with Crippen molar-refractivity contribution in [2.45, 2.75) is 19.9 Å². The average molecular weight is 321 g/mol. The number of phenolic OH excluding ortho intramolecular Hbond substituents is 1. The monoisotopic (exact) mass is 321 g/mol. The molecule has 0 unspecified atom stereocenters. The number of para-hydroxylation sites is 2. The van der Waals surface area contributed by atoms with Crippen LogP contribution in [0.3, 0.4) is 0 Å². The molecule has 1 amide bonds. The van der Waals surface area contributed by atoms with E-state index < -0.39 is 0 Å². The van der Waals surface area contributed by atoms with Crippen LogP contribution in [0.5, 0.6) is 5.75 Å². The summed E-state index contributed by atoms with van der Waals surface area (Å²) in [7, 11) is 0. The van der Waals surface area contributed by atoms with E-state index in [1.54, 1.807) is 24.4 Å². The number of carbonyl (C=O) groups is 1. The molecule has 0 atom stereocenters. The van der Waals surface area contributed by atoms with Gasteiger partial charge in [0.2, 0.25) is 0 Å². The Kier molecular flexibility index (Phi) is 4.61. The van der Waals surface area contributed by atoms with Crippen molar-refractivity contribution in [2.75, 3.05) is 5.32 Å². The van der Waals surface area contributed by atoms with E-state index in [1.165, 1.54) is 6.07 Å². The molecule has 0 bridgehead atoms. The van der Waals surface area contributed by atoms with Crippen molar-refractivity contribution in [2.24, 2.45) is 0 Å². The third-order valence-electron chi connectivity index (χ3n) is 3.86. The Morgan fingerprint density at radius 2 is 1.83 bits per heavy atom. The van der Waals surface area contributed by atoms with Crippen LogP contribution in [-0.2, 0) is 13.0 Å². The Hall–Kier alpha value is -3.08. The maximum absolute atomic E-state index is 12.5. The highest BCUT2D eigenvalue weighted by molar-refractivity contribution is 6.05. The second-order valence-electron chi connectivity index (χ2n) is 5.47. The van der Waals surface area contributed by atoms with Gasteiger partial charge in [0.1, 0.15) is 5.75 Å². The summed E-state index contributed by atoms with van der Waals surface area (Å²) in [6.45, 7) is 2.61. The molecule has 5 nitrogen and oxygen atoms in total. The minimum absolute atomic E-state index is 0.0422. The summed E-state index contributed by atoms with van der Waals surface area (Å²) in [6.07, 6.45) is 2.27. The molecule has 0 aliphatic rings. The Bertz CT molecular complexity index is 841. The van der Waals surface area contributed by atoms with Crippen LogP contribution < -0.4 is 5.32 Å². The lowest BCUT2D eigenvalue weighted by Crippen LogP contribution is -2.15. The summed E-state index contributed by atoms with van der Waals surface area (Å²) in [5.41, 5.74) is 2.91. The number of carbonyl (C=O) groups excluding carboxylic acids is 1. The minimum atomic E-state index is -0.271. The predicted molar refractivity (Wildman–Crippen MR) is 93.2 cm³/mol. The molecule has 0 saturated heterocycles. The molecule has 0 spiro atoms. The van der Waals surface area contributed by atoms with E-state index in [0.29, 0.717) is 24.2 Å². The largest absolute Gasteiger partial charge is 0.506 e. The fourth-order valence-corrected chi connectivity index (χ4v) is 2.63. The summed E-state index contributed by atoms with van der Waals surface area (Å²) >= 11 is 0. The van der Waals surface area contributed by atoms with Gasteiger partial charge in [-0.1, -0.05) is 49.4 Å². The maximum Gasteiger partial charge on any atom is 0.259 e. The normalized spacial score (nSPS) is 10.5. The van der Waals surface area contributed by atoms with E-state index in [0.717, 1.165) is 11.3 Å². The van der Waals surface area contributed by atoms with Crippen LogP contribution >= 0.6 is 0 Å². The number of anilines is 1. The number of hydrogen-bond acceptors (Lipinski definition) is 3. The molecule has 1 aromatic heterocycles. The van der Waals surface area contributed by atoms with Crippen LogP contribution in [-0.4, -0.2) is 20.8 Å². The number of phenols is 1. The summed E-state index contributed by atoms with van der Waals surface area (Å²) in [5.74, 6) is -0.228. The molecule has 0 aliphatic carbocycles. The summed E-state index contributed by atoms with van der Waals surface area (Å²) in [4.78, 5) is 12.5. The van der Waals surface area contributed by atoms with E-state index in [-0.39, 0.29) is 11.7 Å². The van der Waals surface area contributed by atoms with Crippen LogP contribution in [0.25, 0.3) is 0 Å². The zero-order valence-electron chi connectivity index (χ0n) is 13.4. The van der Waals surface area contributed by atoms with Gasteiger partial charge in [-0.15, -0.1) is 0 Å². The van der Waals surface area contributed by atoms with E-state index in [9.17, 15) is 9.90 Å². The van der Waals surface area contributed by atoms with Gasteiger partial charge in [-0.2, -0.15) is 5.10 Å². The van der Waals surface area contributed by atoms with Crippen molar-refractivity contribution in [3.05, 3.63) is 77.6 Å². The zero-order chi connectivity index (χ0) is 16.9. The molecule has 3 aromatic rings. The van der Waals surface area contributed by atoms with Crippen LogP contribution in [0.2, 0.25) is 0 Å². The van der Waals surface area contributed by atoms with Gasteiger partial charge in [-0.05, 0) is 24.1 Å². The third-order valence-corrected chi connectivity index (χ3v) is 3.86. The van der Waals surface area contributed by atoms with Gasteiger partial charge in [0.25, 0.3) is 5.91 Å². The number of rotatable bonds is 5. The number of nitrogens with zero attached hydrogens (tertiary/aromatic N) is 2. The SMILES string of the molecule is CCc1c(C(=O)Nc2ccccc2O)cnn1Cc1ccccc1. The number of aromatic nitrogens is 2. The lowest BCUT2D eigenvalue weighted by molar-refractivity contribution is 0.102. The molecule has 0 saturated carbocycles. The molecule has 24 heavy (non-hydrogen) atoms. The molecule has 0 aliphatic heterocycles. The van der Waals surface area contributed by atoms with Crippen molar-refractivity contribution in [3.63, 3.8) is 0 Å². The molecule has 0 fully saturated rings. The van der Waals surface area contributed by atoms with Crippen LogP contribution in [0.4, 0.5) is 5.69 Å². The number of aromatic hydroxyl groups is 1. The molecule has 3 rings (SSSR count).